The van der Waals surface area contributed by atoms with Gasteiger partial charge >= 0.3 is 0 Å². The third kappa shape index (κ3) is 5.36. The van der Waals surface area contributed by atoms with Gasteiger partial charge in [0.25, 0.3) is 5.91 Å². The van der Waals surface area contributed by atoms with Gasteiger partial charge in [0.1, 0.15) is 5.75 Å². The minimum atomic E-state index is -0.845. The maximum atomic E-state index is 12.9. The van der Waals surface area contributed by atoms with Crippen molar-refractivity contribution >= 4 is 23.4 Å². The topological polar surface area (TPSA) is 67.4 Å². The molecule has 0 heterocycles. The summed E-state index contributed by atoms with van der Waals surface area (Å²) in [5.74, 6) is -0.995. The Morgan fingerprint density at radius 3 is 1.79 bits per heavy atom. The van der Waals surface area contributed by atoms with Crippen LogP contribution >= 0.6 is 11.6 Å². The monoisotopic (exact) mass is 408 g/mol. The summed E-state index contributed by atoms with van der Waals surface area (Å²) < 4.78 is 5.57. The van der Waals surface area contributed by atoms with Gasteiger partial charge in [-0.05, 0) is 30.2 Å². The van der Waals surface area contributed by atoms with E-state index in [-0.39, 0.29) is 5.91 Å². The van der Waals surface area contributed by atoms with Gasteiger partial charge in [0.05, 0.1) is 10.9 Å². The van der Waals surface area contributed by atoms with Crippen LogP contribution in [0.15, 0.2) is 84.9 Å². The summed E-state index contributed by atoms with van der Waals surface area (Å²) in [5.41, 5.74) is 6.59. The Bertz CT molecular complexity index is 925. The summed E-state index contributed by atoms with van der Waals surface area (Å²) in [6, 6.07) is 25.7. The minimum Gasteiger partial charge on any atom is -0.479 e. The molecule has 0 bridgehead atoms. The SMILES string of the molecule is CC(Oc1ccccc1Cl)C(=O)NNC(=O)C(c1ccccc1)c1ccccc1. The molecule has 2 amide bonds. The molecule has 0 aromatic heterocycles. The van der Waals surface area contributed by atoms with Crippen molar-refractivity contribution in [3.05, 3.63) is 101 Å². The van der Waals surface area contributed by atoms with E-state index in [0.717, 1.165) is 11.1 Å². The standard InChI is InChI=1S/C23H21ClN2O3/c1-16(29-20-15-9-8-14-19(20)24)22(27)25-26-23(28)21(17-10-4-2-5-11-17)18-12-6-3-7-13-18/h2-16,21H,1H3,(H,25,27)(H,26,28). The number of hydrazine groups is 1. The highest BCUT2D eigenvalue weighted by Crippen LogP contribution is 2.25. The van der Waals surface area contributed by atoms with Crippen LogP contribution in [0.5, 0.6) is 5.75 Å². The Morgan fingerprint density at radius 2 is 1.24 bits per heavy atom. The van der Waals surface area contributed by atoms with Crippen LogP contribution in [-0.4, -0.2) is 17.9 Å². The van der Waals surface area contributed by atoms with Gasteiger partial charge in [-0.1, -0.05) is 84.4 Å². The van der Waals surface area contributed by atoms with Gasteiger partial charge in [-0.3, -0.25) is 20.4 Å². The largest absolute Gasteiger partial charge is 0.479 e. The quantitative estimate of drug-likeness (QED) is 0.604. The lowest BCUT2D eigenvalue weighted by atomic mass is 9.91. The van der Waals surface area contributed by atoms with Crippen molar-refractivity contribution in [3.63, 3.8) is 0 Å². The zero-order chi connectivity index (χ0) is 20.6. The van der Waals surface area contributed by atoms with Gasteiger partial charge in [0.2, 0.25) is 5.91 Å². The number of halogens is 1. The van der Waals surface area contributed by atoms with Crippen LogP contribution in [0.4, 0.5) is 0 Å². The van der Waals surface area contributed by atoms with Gasteiger partial charge in [0.15, 0.2) is 6.10 Å². The molecule has 6 heteroatoms. The zero-order valence-electron chi connectivity index (χ0n) is 15.8. The number of benzene rings is 3. The Balaban J connectivity index is 1.67. The van der Waals surface area contributed by atoms with E-state index in [0.29, 0.717) is 10.8 Å². The predicted molar refractivity (Wildman–Crippen MR) is 113 cm³/mol. The van der Waals surface area contributed by atoms with Gasteiger partial charge in [0, 0.05) is 0 Å². The van der Waals surface area contributed by atoms with E-state index in [4.69, 9.17) is 16.3 Å². The number of nitrogens with one attached hydrogen (secondary N) is 2. The van der Waals surface area contributed by atoms with Crippen molar-refractivity contribution in [1.29, 1.82) is 0 Å². The van der Waals surface area contributed by atoms with Crippen molar-refractivity contribution in [1.82, 2.24) is 10.9 Å². The summed E-state index contributed by atoms with van der Waals surface area (Å²) >= 11 is 6.05. The first kappa shape index (κ1) is 20.4. The number of para-hydroxylation sites is 1. The van der Waals surface area contributed by atoms with Crippen LogP contribution in [0.25, 0.3) is 0 Å². The van der Waals surface area contributed by atoms with E-state index in [9.17, 15) is 9.59 Å². The van der Waals surface area contributed by atoms with E-state index in [2.05, 4.69) is 10.9 Å². The second-order valence-electron chi connectivity index (χ2n) is 6.42. The molecular weight excluding hydrogens is 388 g/mol. The lowest BCUT2D eigenvalue weighted by Crippen LogP contribution is -2.48. The van der Waals surface area contributed by atoms with Crippen molar-refractivity contribution in [3.8, 4) is 5.75 Å². The normalized spacial score (nSPS) is 11.6. The molecule has 5 nitrogen and oxygen atoms in total. The second kappa shape index (κ2) is 9.75. The van der Waals surface area contributed by atoms with Crippen LogP contribution in [0.1, 0.15) is 24.0 Å². The highest BCUT2D eigenvalue weighted by atomic mass is 35.5. The number of hydrogen-bond acceptors (Lipinski definition) is 3. The molecule has 1 atom stereocenters. The van der Waals surface area contributed by atoms with Crippen LogP contribution in [0, 0.1) is 0 Å². The lowest BCUT2D eigenvalue weighted by molar-refractivity contribution is -0.133. The molecule has 0 aliphatic heterocycles. The Hall–Kier alpha value is -3.31. The third-order valence-electron chi connectivity index (χ3n) is 4.35. The molecule has 2 N–H and O–H groups in total. The van der Waals surface area contributed by atoms with Crippen LogP contribution in [-0.2, 0) is 9.59 Å². The molecule has 0 aliphatic carbocycles. The van der Waals surface area contributed by atoms with Crippen molar-refractivity contribution in [2.45, 2.75) is 18.9 Å². The fraction of sp³-hybridized carbons (Fsp3) is 0.130. The molecule has 3 aromatic rings. The van der Waals surface area contributed by atoms with E-state index >= 15 is 0 Å². The van der Waals surface area contributed by atoms with Crippen LogP contribution < -0.4 is 15.6 Å². The number of rotatable bonds is 6. The van der Waals surface area contributed by atoms with E-state index in [1.165, 1.54) is 0 Å². The smallest absolute Gasteiger partial charge is 0.279 e. The molecule has 3 rings (SSSR count). The average molecular weight is 409 g/mol. The Kier molecular flexibility index (Phi) is 6.87. The second-order valence-corrected chi connectivity index (χ2v) is 6.83. The van der Waals surface area contributed by atoms with E-state index < -0.39 is 17.9 Å². The molecule has 0 spiro atoms. The number of carbonyl (C=O) groups is 2. The molecule has 0 aliphatic rings. The van der Waals surface area contributed by atoms with Gasteiger partial charge in [-0.15, -0.1) is 0 Å². The Morgan fingerprint density at radius 1 is 0.759 bits per heavy atom. The number of amides is 2. The molecule has 0 saturated carbocycles. The fourth-order valence-corrected chi connectivity index (χ4v) is 3.05. The average Bonchev–Trinajstić information content (AvgIpc) is 2.75. The van der Waals surface area contributed by atoms with Gasteiger partial charge in [-0.25, -0.2) is 0 Å². The zero-order valence-corrected chi connectivity index (χ0v) is 16.6. The first-order valence-corrected chi connectivity index (χ1v) is 9.55. The van der Waals surface area contributed by atoms with Gasteiger partial charge < -0.3 is 4.74 Å². The summed E-state index contributed by atoms with van der Waals surface area (Å²) in [6.07, 6.45) is -0.845. The third-order valence-corrected chi connectivity index (χ3v) is 4.66. The molecular formula is C23H21ClN2O3. The molecule has 3 aromatic carbocycles. The fourth-order valence-electron chi connectivity index (χ4n) is 2.87. The highest BCUT2D eigenvalue weighted by Gasteiger charge is 2.24. The number of hydrogen-bond donors (Lipinski definition) is 2. The first-order valence-electron chi connectivity index (χ1n) is 9.17. The Labute approximate surface area is 174 Å². The van der Waals surface area contributed by atoms with Gasteiger partial charge in [-0.2, -0.15) is 0 Å². The highest BCUT2D eigenvalue weighted by molar-refractivity contribution is 6.32. The van der Waals surface area contributed by atoms with Crippen LogP contribution in [0.3, 0.4) is 0 Å². The molecule has 0 fully saturated rings. The predicted octanol–water partition coefficient (Wildman–Crippen LogP) is 4.09. The first-order chi connectivity index (χ1) is 14.1. The number of carbonyl (C=O) groups excluding carboxylic acids is 2. The summed E-state index contributed by atoms with van der Waals surface area (Å²) in [6.45, 7) is 1.58. The summed E-state index contributed by atoms with van der Waals surface area (Å²) in [5, 5.41) is 0.407. The molecule has 1 unspecified atom stereocenters. The summed E-state index contributed by atoms with van der Waals surface area (Å²) in [4.78, 5) is 25.3. The van der Waals surface area contributed by atoms with Crippen molar-refractivity contribution in [2.24, 2.45) is 0 Å². The van der Waals surface area contributed by atoms with Crippen LogP contribution in [0.2, 0.25) is 5.02 Å². The lowest BCUT2D eigenvalue weighted by Gasteiger charge is -2.20. The molecule has 29 heavy (non-hydrogen) atoms. The van der Waals surface area contributed by atoms with E-state index in [1.54, 1.807) is 31.2 Å². The molecule has 0 radical (unpaired) electrons. The number of ether oxygens (including phenoxy) is 1. The van der Waals surface area contributed by atoms with Crippen molar-refractivity contribution < 1.29 is 14.3 Å². The summed E-state index contributed by atoms with van der Waals surface area (Å²) in [7, 11) is 0. The van der Waals surface area contributed by atoms with E-state index in [1.807, 2.05) is 60.7 Å². The minimum absolute atomic E-state index is 0.347. The molecule has 0 saturated heterocycles. The molecule has 148 valence electrons. The van der Waals surface area contributed by atoms with Crippen molar-refractivity contribution in [2.75, 3.05) is 0 Å². The maximum absolute atomic E-state index is 12.9. The maximum Gasteiger partial charge on any atom is 0.279 e.